The number of nitrogens with zero attached hydrogens (tertiary/aromatic N) is 2. The average molecular weight is 356 g/mol. The van der Waals surface area contributed by atoms with Crippen LogP contribution in [0, 0.1) is 11.8 Å². The summed E-state index contributed by atoms with van der Waals surface area (Å²) in [6.45, 7) is 2.14. The molecule has 5 heteroatoms. The number of phenols is 1. The fraction of sp³-hybridized carbons (Fsp3) is 0.524. The first-order valence-corrected chi connectivity index (χ1v) is 9.40. The Morgan fingerprint density at radius 1 is 1.27 bits per heavy atom. The zero-order valence-electron chi connectivity index (χ0n) is 15.7. The molecule has 5 nitrogen and oxygen atoms in total. The van der Waals surface area contributed by atoms with Crippen molar-refractivity contribution in [2.75, 3.05) is 20.3 Å². The molecule has 1 aromatic heterocycles. The highest BCUT2D eigenvalue weighted by molar-refractivity contribution is 5.87. The Balaban J connectivity index is 1.89. The van der Waals surface area contributed by atoms with E-state index < -0.39 is 0 Å². The number of piperidine rings is 1. The van der Waals surface area contributed by atoms with Crippen molar-refractivity contribution in [2.45, 2.75) is 31.8 Å². The van der Waals surface area contributed by atoms with Gasteiger partial charge in [-0.15, -0.1) is 0 Å². The van der Waals surface area contributed by atoms with Gasteiger partial charge in [-0.25, -0.2) is 0 Å². The summed E-state index contributed by atoms with van der Waals surface area (Å²) in [7, 11) is 4.25. The van der Waals surface area contributed by atoms with Gasteiger partial charge < -0.3 is 19.9 Å². The van der Waals surface area contributed by atoms with Gasteiger partial charge in [0.1, 0.15) is 5.75 Å². The number of phenolic OH excluding ortho intramolecular Hbond substituents is 1. The van der Waals surface area contributed by atoms with Crippen LogP contribution < -0.4 is 0 Å². The van der Waals surface area contributed by atoms with Crippen molar-refractivity contribution in [1.82, 2.24) is 9.47 Å². The van der Waals surface area contributed by atoms with Gasteiger partial charge >= 0.3 is 0 Å². The Hall–Kier alpha value is -1.82. The number of fused-ring (bicyclic) bond motifs is 6. The van der Waals surface area contributed by atoms with Gasteiger partial charge in [-0.05, 0) is 62.1 Å². The molecule has 4 rings (SSSR count). The molecular formula is C21H28N2O3. The number of aliphatic hydroxyl groups excluding tert-OH is 2. The number of aliphatic hydroxyl groups is 2. The number of hydrogen-bond donors (Lipinski definition) is 3. The van der Waals surface area contributed by atoms with E-state index in [0.717, 1.165) is 29.3 Å². The zero-order chi connectivity index (χ0) is 18.6. The summed E-state index contributed by atoms with van der Waals surface area (Å²) in [5, 5.41) is 31.1. The zero-order valence-corrected chi connectivity index (χ0v) is 15.7. The van der Waals surface area contributed by atoms with E-state index in [4.69, 9.17) is 0 Å². The van der Waals surface area contributed by atoms with Gasteiger partial charge in [0, 0.05) is 42.2 Å². The third-order valence-corrected chi connectivity index (χ3v) is 6.81. The number of likely N-dealkylation sites (N-methyl/N-ethyl adjacent to an activating group) is 1. The molecule has 26 heavy (non-hydrogen) atoms. The van der Waals surface area contributed by atoms with E-state index in [-0.39, 0.29) is 37.1 Å². The molecule has 1 fully saturated rings. The first-order chi connectivity index (χ1) is 12.5. The van der Waals surface area contributed by atoms with Crippen LogP contribution in [-0.4, -0.2) is 51.1 Å². The molecule has 2 aromatic rings. The van der Waals surface area contributed by atoms with Gasteiger partial charge in [-0.2, -0.15) is 0 Å². The second-order valence-corrected chi connectivity index (χ2v) is 7.79. The van der Waals surface area contributed by atoms with E-state index in [2.05, 4.69) is 23.6 Å². The molecule has 2 aliphatic rings. The number of benzene rings is 1. The summed E-state index contributed by atoms with van der Waals surface area (Å²) in [6.07, 6.45) is 3.75. The van der Waals surface area contributed by atoms with Crippen LogP contribution in [-0.2, 0) is 13.5 Å². The molecule has 3 heterocycles. The summed E-state index contributed by atoms with van der Waals surface area (Å²) in [4.78, 5) is 2.41. The van der Waals surface area contributed by atoms with Crippen molar-refractivity contribution in [3.8, 4) is 5.75 Å². The molecular weight excluding hydrogens is 328 g/mol. The van der Waals surface area contributed by atoms with Gasteiger partial charge in [0.25, 0.3) is 0 Å². The Morgan fingerprint density at radius 2 is 2.04 bits per heavy atom. The summed E-state index contributed by atoms with van der Waals surface area (Å²) < 4.78 is 2.26. The third kappa shape index (κ3) is 2.34. The minimum Gasteiger partial charge on any atom is -0.508 e. The molecule has 0 radical (unpaired) electrons. The predicted octanol–water partition coefficient (Wildman–Crippen LogP) is 2.35. The smallest absolute Gasteiger partial charge is 0.116 e. The van der Waals surface area contributed by atoms with Crippen LogP contribution in [0.3, 0.4) is 0 Å². The monoisotopic (exact) mass is 356 g/mol. The third-order valence-electron chi connectivity index (χ3n) is 6.81. The number of aryl methyl sites for hydroxylation is 1. The van der Waals surface area contributed by atoms with Crippen LogP contribution in [0.15, 0.2) is 29.8 Å². The maximum absolute atomic E-state index is 10.2. The first kappa shape index (κ1) is 17.6. The molecule has 0 saturated carbocycles. The highest BCUT2D eigenvalue weighted by Crippen LogP contribution is 2.50. The quantitative estimate of drug-likeness (QED) is 0.739. The standard InChI is InChI=1S/C21H28N2O3/c1-4-12(10-24)14-8-20-21-16(9-19(22(20)2)17(14)11-25)15-7-13(26)5-6-18(15)23(21)3/h4-7,14,17,19-20,24-26H,8-11H2,1-3H3/t14?,17?,19?,20-/m1/s1. The predicted molar refractivity (Wildman–Crippen MR) is 102 cm³/mol. The lowest BCUT2D eigenvalue weighted by Gasteiger charge is -2.52. The van der Waals surface area contributed by atoms with Crippen LogP contribution in [0.25, 0.3) is 10.9 Å². The van der Waals surface area contributed by atoms with Crippen LogP contribution >= 0.6 is 0 Å². The molecule has 3 unspecified atom stereocenters. The number of aromatic hydroxyl groups is 1. The van der Waals surface area contributed by atoms with Crippen LogP contribution in [0.2, 0.25) is 0 Å². The number of aromatic nitrogens is 1. The van der Waals surface area contributed by atoms with E-state index >= 15 is 0 Å². The lowest BCUT2D eigenvalue weighted by molar-refractivity contribution is -0.0103. The molecule has 0 spiro atoms. The van der Waals surface area contributed by atoms with Crippen molar-refractivity contribution in [2.24, 2.45) is 18.9 Å². The topological polar surface area (TPSA) is 68.9 Å². The number of hydrogen-bond acceptors (Lipinski definition) is 4. The lowest BCUT2D eigenvalue weighted by Crippen LogP contribution is -2.54. The minimum atomic E-state index is 0.0522. The Morgan fingerprint density at radius 3 is 2.69 bits per heavy atom. The summed E-state index contributed by atoms with van der Waals surface area (Å²) in [6, 6.07) is 6.07. The molecule has 2 bridgehead atoms. The van der Waals surface area contributed by atoms with Crippen molar-refractivity contribution in [3.05, 3.63) is 41.1 Å². The molecule has 0 amide bonds. The van der Waals surface area contributed by atoms with E-state index in [1.807, 2.05) is 25.1 Å². The minimum absolute atomic E-state index is 0.0522. The SMILES string of the molecule is CC=C(CO)C1C[C@@H]2c3c(c4cc(O)ccc4n3C)CC(C1CO)N2C. The Bertz CT molecular complexity index is 870. The normalized spacial score (nSPS) is 29.2. The molecule has 4 atom stereocenters. The van der Waals surface area contributed by atoms with Gasteiger partial charge in [-0.1, -0.05) is 6.08 Å². The fourth-order valence-corrected chi connectivity index (χ4v) is 5.46. The van der Waals surface area contributed by atoms with Crippen LogP contribution in [0.4, 0.5) is 0 Å². The Kier molecular flexibility index (Phi) is 4.34. The number of allylic oxidation sites excluding steroid dienone is 1. The molecule has 140 valence electrons. The molecule has 0 aliphatic carbocycles. The first-order valence-electron chi connectivity index (χ1n) is 9.40. The second kappa shape index (κ2) is 6.41. The second-order valence-electron chi connectivity index (χ2n) is 7.79. The molecule has 1 aromatic carbocycles. The summed E-state index contributed by atoms with van der Waals surface area (Å²) in [5.41, 5.74) is 4.78. The maximum Gasteiger partial charge on any atom is 0.116 e. The Labute approximate surface area is 154 Å². The summed E-state index contributed by atoms with van der Waals surface area (Å²) >= 11 is 0. The fourth-order valence-electron chi connectivity index (χ4n) is 5.46. The van der Waals surface area contributed by atoms with Crippen LogP contribution in [0.5, 0.6) is 5.75 Å². The van der Waals surface area contributed by atoms with Gasteiger partial charge in [0.15, 0.2) is 0 Å². The van der Waals surface area contributed by atoms with E-state index in [1.54, 1.807) is 6.07 Å². The van der Waals surface area contributed by atoms with Crippen molar-refractivity contribution < 1.29 is 15.3 Å². The van der Waals surface area contributed by atoms with Crippen molar-refractivity contribution in [3.63, 3.8) is 0 Å². The van der Waals surface area contributed by atoms with E-state index in [9.17, 15) is 15.3 Å². The van der Waals surface area contributed by atoms with Gasteiger partial charge in [0.05, 0.1) is 12.6 Å². The van der Waals surface area contributed by atoms with Crippen molar-refractivity contribution >= 4 is 10.9 Å². The van der Waals surface area contributed by atoms with Gasteiger partial charge in [-0.3, -0.25) is 4.90 Å². The summed E-state index contributed by atoms with van der Waals surface area (Å²) in [5.74, 6) is 0.596. The van der Waals surface area contributed by atoms with Crippen molar-refractivity contribution in [1.29, 1.82) is 0 Å². The average Bonchev–Trinajstić information content (AvgIpc) is 2.89. The van der Waals surface area contributed by atoms with Gasteiger partial charge in [0.2, 0.25) is 0 Å². The van der Waals surface area contributed by atoms with Crippen LogP contribution in [0.1, 0.15) is 30.6 Å². The largest absolute Gasteiger partial charge is 0.508 e. The lowest BCUT2D eigenvalue weighted by atomic mass is 9.68. The molecule has 1 saturated heterocycles. The maximum atomic E-state index is 10.2. The van der Waals surface area contributed by atoms with E-state index in [1.165, 1.54) is 11.3 Å². The number of rotatable bonds is 3. The van der Waals surface area contributed by atoms with E-state index in [0.29, 0.717) is 5.75 Å². The highest BCUT2D eigenvalue weighted by atomic mass is 16.3. The highest BCUT2D eigenvalue weighted by Gasteiger charge is 2.47. The molecule has 2 aliphatic heterocycles. The molecule has 3 N–H and O–H groups in total.